The number of hydrogen-bond acceptors (Lipinski definition) is 7. The van der Waals surface area contributed by atoms with Gasteiger partial charge in [-0.2, -0.15) is 4.98 Å². The van der Waals surface area contributed by atoms with E-state index < -0.39 is 0 Å². The number of aromatic nitrogens is 3. The standard InChI is InChI=1S/C24H23FN5O2/c1-4-24(9-20(31-13-24)17-5-7-18(25)8-6-17)23-28-21(32-29-23)12-30-14-27-19-11-26-10-15(2)22(19)16(30)3/h3,5-8,10-11,14,20H,4,9,12-13H2,1-2H3/t20-,24+/m1/s1. The highest BCUT2D eigenvalue weighted by Gasteiger charge is 2.44. The zero-order chi connectivity index (χ0) is 22.3. The molecule has 3 aromatic rings. The summed E-state index contributed by atoms with van der Waals surface area (Å²) in [5, 5.41) is 4.28. The Morgan fingerprint density at radius 2 is 2.06 bits per heavy atom. The van der Waals surface area contributed by atoms with Crippen molar-refractivity contribution >= 4 is 17.7 Å². The zero-order valence-corrected chi connectivity index (χ0v) is 18.0. The smallest absolute Gasteiger partial charge is 0.246 e. The molecule has 2 aromatic heterocycles. The molecule has 1 aromatic carbocycles. The molecule has 4 heterocycles. The van der Waals surface area contributed by atoms with Gasteiger partial charge in [0.15, 0.2) is 5.82 Å². The fraction of sp³-hybridized carbons (Fsp3) is 0.333. The average Bonchev–Trinajstić information content (AvgIpc) is 3.44. The summed E-state index contributed by atoms with van der Waals surface area (Å²) >= 11 is 0. The van der Waals surface area contributed by atoms with Gasteiger partial charge in [-0.1, -0.05) is 24.2 Å². The first-order chi connectivity index (χ1) is 15.5. The van der Waals surface area contributed by atoms with Crippen LogP contribution >= 0.6 is 0 Å². The molecule has 2 aliphatic heterocycles. The lowest BCUT2D eigenvalue weighted by Crippen LogP contribution is -2.27. The van der Waals surface area contributed by atoms with Crippen LogP contribution in [0, 0.1) is 19.3 Å². The first-order valence-corrected chi connectivity index (χ1v) is 10.6. The van der Waals surface area contributed by atoms with E-state index in [0.717, 1.165) is 28.8 Å². The van der Waals surface area contributed by atoms with Crippen LogP contribution in [0.1, 0.15) is 54.3 Å². The third-order valence-corrected chi connectivity index (χ3v) is 6.32. The molecule has 5 rings (SSSR count). The highest BCUT2D eigenvalue weighted by molar-refractivity contribution is 5.86. The van der Waals surface area contributed by atoms with Crippen molar-refractivity contribution in [1.29, 1.82) is 0 Å². The van der Waals surface area contributed by atoms with Gasteiger partial charge in [-0.05, 0) is 49.6 Å². The summed E-state index contributed by atoms with van der Waals surface area (Å²) in [6.07, 6.45) is 6.47. The van der Waals surface area contributed by atoms with Crippen LogP contribution in [0.3, 0.4) is 0 Å². The second kappa shape index (κ2) is 7.94. The SMILES string of the molecule is [CH]=C1c2c(C)cncc2N=CN1Cc1nc([C@]2(CC)CO[C@@H](c3ccc(F)cc3)C2)no1. The maximum Gasteiger partial charge on any atom is 0.246 e. The van der Waals surface area contributed by atoms with Crippen LogP contribution in [0.5, 0.6) is 0 Å². The Balaban J connectivity index is 1.34. The van der Waals surface area contributed by atoms with E-state index in [4.69, 9.17) is 15.8 Å². The third kappa shape index (κ3) is 3.50. The Morgan fingerprint density at radius 3 is 2.84 bits per heavy atom. The maximum atomic E-state index is 13.3. The molecular weight excluding hydrogens is 409 g/mol. The van der Waals surface area contributed by atoms with Crippen LogP contribution in [-0.2, 0) is 16.7 Å². The summed E-state index contributed by atoms with van der Waals surface area (Å²) in [6.45, 7) is 11.2. The van der Waals surface area contributed by atoms with Gasteiger partial charge in [-0.3, -0.25) is 4.98 Å². The molecule has 0 amide bonds. The van der Waals surface area contributed by atoms with Gasteiger partial charge in [-0.25, -0.2) is 9.38 Å². The first kappa shape index (κ1) is 20.5. The number of nitrogens with zero attached hydrogens (tertiary/aromatic N) is 5. The number of hydrogen-bond donors (Lipinski definition) is 0. The summed E-state index contributed by atoms with van der Waals surface area (Å²) in [5.41, 5.74) is 3.71. The summed E-state index contributed by atoms with van der Waals surface area (Å²) in [4.78, 5) is 15.1. The van der Waals surface area contributed by atoms with Crippen molar-refractivity contribution < 1.29 is 13.7 Å². The maximum absolute atomic E-state index is 13.3. The topological polar surface area (TPSA) is 76.6 Å². The average molecular weight is 432 g/mol. The van der Waals surface area contributed by atoms with Gasteiger partial charge >= 0.3 is 0 Å². The lowest BCUT2D eigenvalue weighted by molar-refractivity contribution is 0.103. The molecule has 2 atom stereocenters. The van der Waals surface area contributed by atoms with E-state index in [-0.39, 0.29) is 17.3 Å². The Kier molecular flexibility index (Phi) is 5.09. The van der Waals surface area contributed by atoms with E-state index in [0.29, 0.717) is 37.0 Å². The van der Waals surface area contributed by atoms with E-state index in [1.165, 1.54) is 12.1 Å². The molecule has 163 valence electrons. The molecule has 8 heteroatoms. The number of aryl methyl sites for hydroxylation is 1. The van der Waals surface area contributed by atoms with E-state index >= 15 is 0 Å². The minimum Gasteiger partial charge on any atom is -0.372 e. The Bertz CT molecular complexity index is 1190. The molecule has 1 radical (unpaired) electrons. The van der Waals surface area contributed by atoms with Crippen LogP contribution in [0.25, 0.3) is 5.70 Å². The van der Waals surface area contributed by atoms with Crippen molar-refractivity contribution in [3.05, 3.63) is 77.5 Å². The second-order valence-corrected chi connectivity index (χ2v) is 8.31. The fourth-order valence-corrected chi connectivity index (χ4v) is 4.31. The molecule has 32 heavy (non-hydrogen) atoms. The number of halogens is 1. The number of fused-ring (bicyclic) bond motifs is 1. The fourth-order valence-electron chi connectivity index (χ4n) is 4.31. The van der Waals surface area contributed by atoms with Crippen molar-refractivity contribution in [3.8, 4) is 0 Å². The zero-order valence-electron chi connectivity index (χ0n) is 18.0. The number of rotatable bonds is 5. The monoisotopic (exact) mass is 432 g/mol. The van der Waals surface area contributed by atoms with E-state index in [2.05, 4.69) is 27.0 Å². The molecule has 0 spiro atoms. The van der Waals surface area contributed by atoms with Crippen molar-refractivity contribution in [3.63, 3.8) is 0 Å². The molecule has 7 nitrogen and oxygen atoms in total. The van der Waals surface area contributed by atoms with E-state index in [1.54, 1.807) is 35.8 Å². The molecule has 1 fully saturated rings. The van der Waals surface area contributed by atoms with Gasteiger partial charge in [0, 0.05) is 11.8 Å². The summed E-state index contributed by atoms with van der Waals surface area (Å²) in [5.74, 6) is 0.804. The number of ether oxygens (including phenoxy) is 1. The van der Waals surface area contributed by atoms with Crippen LogP contribution in [0.4, 0.5) is 10.1 Å². The Morgan fingerprint density at radius 1 is 1.25 bits per heavy atom. The third-order valence-electron chi connectivity index (χ3n) is 6.32. The van der Waals surface area contributed by atoms with Crippen molar-refractivity contribution in [2.75, 3.05) is 6.61 Å². The molecule has 0 N–H and O–H groups in total. The van der Waals surface area contributed by atoms with Crippen LogP contribution in [0.2, 0.25) is 0 Å². The van der Waals surface area contributed by atoms with Gasteiger partial charge in [0.1, 0.15) is 12.4 Å². The highest BCUT2D eigenvalue weighted by atomic mass is 19.1. The van der Waals surface area contributed by atoms with Crippen LogP contribution < -0.4 is 0 Å². The van der Waals surface area contributed by atoms with Crippen LogP contribution in [-0.4, -0.2) is 33.0 Å². The van der Waals surface area contributed by atoms with Crippen molar-refractivity contribution in [1.82, 2.24) is 20.0 Å². The lowest BCUT2D eigenvalue weighted by Gasteiger charge is -2.26. The molecule has 0 aliphatic carbocycles. The van der Waals surface area contributed by atoms with E-state index in [1.807, 2.05) is 6.92 Å². The van der Waals surface area contributed by atoms with Gasteiger partial charge in [-0.15, -0.1) is 0 Å². The minimum atomic E-state index is -0.360. The largest absolute Gasteiger partial charge is 0.372 e. The lowest BCUT2D eigenvalue weighted by atomic mass is 9.81. The Labute approximate surface area is 185 Å². The minimum absolute atomic E-state index is 0.135. The van der Waals surface area contributed by atoms with E-state index in [9.17, 15) is 4.39 Å². The normalized spacial score (nSPS) is 22.4. The van der Waals surface area contributed by atoms with Gasteiger partial charge in [0.25, 0.3) is 0 Å². The van der Waals surface area contributed by atoms with Crippen molar-refractivity contribution in [2.24, 2.45) is 4.99 Å². The highest BCUT2D eigenvalue weighted by Crippen LogP contribution is 2.44. The number of aliphatic imine (C=N–C) groups is 1. The molecular formula is C24H23FN5O2. The molecule has 0 saturated carbocycles. The molecule has 1 saturated heterocycles. The molecule has 0 unspecified atom stereocenters. The Hall–Kier alpha value is -3.39. The van der Waals surface area contributed by atoms with Gasteiger partial charge in [0.2, 0.25) is 5.89 Å². The summed E-state index contributed by atoms with van der Waals surface area (Å²) < 4.78 is 24.9. The van der Waals surface area contributed by atoms with Gasteiger partial charge in [0.05, 0.1) is 42.0 Å². The molecule has 2 aliphatic rings. The number of benzene rings is 1. The second-order valence-electron chi connectivity index (χ2n) is 8.31. The first-order valence-electron chi connectivity index (χ1n) is 10.6. The predicted octanol–water partition coefficient (Wildman–Crippen LogP) is 4.67. The van der Waals surface area contributed by atoms with Gasteiger partial charge < -0.3 is 14.2 Å². The molecule has 0 bridgehead atoms. The number of pyridine rings is 1. The summed E-state index contributed by atoms with van der Waals surface area (Å²) in [7, 11) is 0. The van der Waals surface area contributed by atoms with Crippen molar-refractivity contribution in [2.45, 2.75) is 44.8 Å². The quantitative estimate of drug-likeness (QED) is 0.583. The predicted molar refractivity (Wildman–Crippen MR) is 116 cm³/mol. The summed E-state index contributed by atoms with van der Waals surface area (Å²) in [6, 6.07) is 6.43. The van der Waals surface area contributed by atoms with Crippen LogP contribution in [0.15, 0.2) is 46.2 Å².